The minimum absolute atomic E-state index is 0.188. The molecule has 142 valence electrons. The topological polar surface area (TPSA) is 27.3 Å². The number of halogens is 2. The predicted molar refractivity (Wildman–Crippen MR) is 108 cm³/mol. The van der Waals surface area contributed by atoms with Crippen molar-refractivity contribution in [3.05, 3.63) is 65.7 Å². The second-order valence-electron chi connectivity index (χ2n) is 7.46. The second kappa shape index (κ2) is 7.90. The highest BCUT2D eigenvalue weighted by atomic mass is 32.1. The molecule has 2 aromatic carbocycles. The third kappa shape index (κ3) is 4.45. The third-order valence-electron chi connectivity index (χ3n) is 5.60. The van der Waals surface area contributed by atoms with E-state index in [0.717, 1.165) is 30.6 Å². The molecule has 0 aromatic heterocycles. The van der Waals surface area contributed by atoms with Crippen LogP contribution in [-0.4, -0.2) is 28.1 Å². The SMILES string of the molecule is Fc1ccc(CN2C3CCC2CC(NC(=S)Nc2ccc(F)cc2)C3)cc1. The normalized spacial score (nSPS) is 24.6. The van der Waals surface area contributed by atoms with Crippen molar-refractivity contribution >= 4 is 23.0 Å². The Balaban J connectivity index is 1.32. The molecule has 2 fully saturated rings. The third-order valence-corrected chi connectivity index (χ3v) is 5.82. The Kier molecular flexibility index (Phi) is 5.36. The molecule has 2 saturated heterocycles. The first kappa shape index (κ1) is 18.3. The summed E-state index contributed by atoms with van der Waals surface area (Å²) in [6.07, 6.45) is 4.48. The zero-order valence-electron chi connectivity index (χ0n) is 15.0. The number of nitrogens with zero attached hydrogens (tertiary/aromatic N) is 1. The monoisotopic (exact) mass is 387 g/mol. The number of hydrogen-bond acceptors (Lipinski definition) is 2. The zero-order chi connectivity index (χ0) is 18.8. The van der Waals surface area contributed by atoms with Crippen LogP contribution in [0.3, 0.4) is 0 Å². The Labute approximate surface area is 163 Å². The fourth-order valence-corrected chi connectivity index (χ4v) is 4.62. The van der Waals surface area contributed by atoms with Gasteiger partial charge in [0.05, 0.1) is 0 Å². The number of benzene rings is 2. The fourth-order valence-electron chi connectivity index (χ4n) is 4.34. The van der Waals surface area contributed by atoms with Crippen molar-refractivity contribution in [2.75, 3.05) is 5.32 Å². The van der Waals surface area contributed by atoms with Gasteiger partial charge in [0.25, 0.3) is 0 Å². The molecule has 3 nitrogen and oxygen atoms in total. The molecule has 0 saturated carbocycles. The average molecular weight is 387 g/mol. The summed E-state index contributed by atoms with van der Waals surface area (Å²) in [6.45, 7) is 0.876. The van der Waals surface area contributed by atoms with Gasteiger partial charge in [-0.2, -0.15) is 0 Å². The summed E-state index contributed by atoms with van der Waals surface area (Å²) in [4.78, 5) is 2.56. The predicted octanol–water partition coefficient (Wildman–Crippen LogP) is 4.45. The molecular weight excluding hydrogens is 364 g/mol. The maximum Gasteiger partial charge on any atom is 0.170 e. The van der Waals surface area contributed by atoms with E-state index in [0.29, 0.717) is 23.2 Å². The molecule has 6 heteroatoms. The van der Waals surface area contributed by atoms with Gasteiger partial charge in [-0.1, -0.05) is 12.1 Å². The van der Waals surface area contributed by atoms with Gasteiger partial charge in [0.1, 0.15) is 11.6 Å². The van der Waals surface area contributed by atoms with E-state index in [4.69, 9.17) is 12.2 Å². The zero-order valence-corrected chi connectivity index (χ0v) is 15.8. The number of piperidine rings is 1. The molecule has 27 heavy (non-hydrogen) atoms. The molecule has 2 aromatic rings. The molecule has 0 spiro atoms. The summed E-state index contributed by atoms with van der Waals surface area (Å²) in [7, 11) is 0. The molecule has 2 aliphatic heterocycles. The lowest BCUT2D eigenvalue weighted by Crippen LogP contribution is -2.50. The van der Waals surface area contributed by atoms with Gasteiger partial charge in [-0.15, -0.1) is 0 Å². The van der Waals surface area contributed by atoms with E-state index in [1.165, 1.54) is 37.1 Å². The van der Waals surface area contributed by atoms with E-state index in [2.05, 4.69) is 15.5 Å². The standard InChI is InChI=1S/C21H23F2N3S/c22-15-3-1-14(2-4-15)13-26-19-9-10-20(26)12-18(11-19)25-21(27)24-17-7-5-16(23)6-8-17/h1-8,18-20H,9-13H2,(H2,24,25,27). The number of thiocarbonyl (C=S) groups is 1. The summed E-state index contributed by atoms with van der Waals surface area (Å²) in [5.41, 5.74) is 1.94. The summed E-state index contributed by atoms with van der Waals surface area (Å²) >= 11 is 5.43. The van der Waals surface area contributed by atoms with Gasteiger partial charge in [0.2, 0.25) is 0 Å². The fraction of sp³-hybridized carbons (Fsp3) is 0.381. The van der Waals surface area contributed by atoms with Crippen LogP contribution in [0.2, 0.25) is 0 Å². The van der Waals surface area contributed by atoms with E-state index in [1.54, 1.807) is 12.1 Å². The van der Waals surface area contributed by atoms with Crippen LogP contribution < -0.4 is 10.6 Å². The maximum atomic E-state index is 13.1. The first-order valence-corrected chi connectivity index (χ1v) is 9.81. The molecule has 0 amide bonds. The van der Waals surface area contributed by atoms with Crippen LogP contribution in [0.1, 0.15) is 31.2 Å². The highest BCUT2D eigenvalue weighted by molar-refractivity contribution is 7.80. The van der Waals surface area contributed by atoms with Crippen LogP contribution >= 0.6 is 12.2 Å². The van der Waals surface area contributed by atoms with Crippen molar-refractivity contribution in [1.29, 1.82) is 0 Å². The van der Waals surface area contributed by atoms with Crippen LogP contribution in [0, 0.1) is 11.6 Å². The second-order valence-corrected chi connectivity index (χ2v) is 7.87. The minimum Gasteiger partial charge on any atom is -0.360 e. The van der Waals surface area contributed by atoms with E-state index in [-0.39, 0.29) is 11.6 Å². The lowest BCUT2D eigenvalue weighted by atomic mass is 9.96. The highest BCUT2D eigenvalue weighted by Gasteiger charge is 2.40. The van der Waals surface area contributed by atoms with E-state index >= 15 is 0 Å². The number of rotatable bonds is 4. The van der Waals surface area contributed by atoms with Gasteiger partial charge in [0.15, 0.2) is 5.11 Å². The largest absolute Gasteiger partial charge is 0.360 e. The number of fused-ring (bicyclic) bond motifs is 2. The molecule has 2 heterocycles. The van der Waals surface area contributed by atoms with Crippen LogP contribution in [0.4, 0.5) is 14.5 Å². The van der Waals surface area contributed by atoms with Crippen LogP contribution in [0.15, 0.2) is 48.5 Å². The molecule has 0 aliphatic carbocycles. The van der Waals surface area contributed by atoms with E-state index in [1.807, 2.05) is 12.1 Å². The lowest BCUT2D eigenvalue weighted by molar-refractivity contribution is 0.115. The number of anilines is 1. The number of hydrogen-bond donors (Lipinski definition) is 2. The first-order chi connectivity index (χ1) is 13.1. The highest BCUT2D eigenvalue weighted by Crippen LogP contribution is 2.36. The van der Waals surface area contributed by atoms with Gasteiger partial charge in [-0.3, -0.25) is 4.90 Å². The molecule has 2 aliphatic rings. The average Bonchev–Trinajstić information content (AvgIpc) is 2.87. The van der Waals surface area contributed by atoms with Crippen molar-refractivity contribution in [2.24, 2.45) is 0 Å². The Hall–Kier alpha value is -2.05. The van der Waals surface area contributed by atoms with Crippen molar-refractivity contribution < 1.29 is 8.78 Å². The first-order valence-electron chi connectivity index (χ1n) is 9.40. The smallest absolute Gasteiger partial charge is 0.170 e. The summed E-state index contributed by atoms with van der Waals surface area (Å²) in [6, 6.07) is 14.4. The molecular formula is C21H23F2N3S. The van der Waals surface area contributed by atoms with Gasteiger partial charge in [-0.25, -0.2) is 8.78 Å². The Morgan fingerprint density at radius 2 is 1.48 bits per heavy atom. The van der Waals surface area contributed by atoms with Crippen molar-refractivity contribution in [1.82, 2.24) is 10.2 Å². The van der Waals surface area contributed by atoms with E-state index < -0.39 is 0 Å². The van der Waals surface area contributed by atoms with Crippen molar-refractivity contribution in [2.45, 2.75) is 50.4 Å². The lowest BCUT2D eigenvalue weighted by Gasteiger charge is -2.39. The Bertz CT molecular complexity index is 780. The molecule has 2 unspecified atom stereocenters. The van der Waals surface area contributed by atoms with Gasteiger partial charge >= 0.3 is 0 Å². The summed E-state index contributed by atoms with van der Waals surface area (Å²) in [5.74, 6) is -0.448. The summed E-state index contributed by atoms with van der Waals surface area (Å²) in [5, 5.41) is 7.13. The molecule has 4 rings (SSSR count). The molecule has 2 atom stereocenters. The van der Waals surface area contributed by atoms with Crippen molar-refractivity contribution in [3.63, 3.8) is 0 Å². The maximum absolute atomic E-state index is 13.1. The Morgan fingerprint density at radius 1 is 0.926 bits per heavy atom. The van der Waals surface area contributed by atoms with Crippen LogP contribution in [-0.2, 0) is 6.54 Å². The van der Waals surface area contributed by atoms with E-state index in [9.17, 15) is 8.78 Å². The molecule has 2 N–H and O–H groups in total. The number of nitrogens with one attached hydrogen (secondary N) is 2. The van der Waals surface area contributed by atoms with Crippen LogP contribution in [0.25, 0.3) is 0 Å². The van der Waals surface area contributed by atoms with Gasteiger partial charge in [-0.05, 0) is 79.9 Å². The molecule has 2 bridgehead atoms. The van der Waals surface area contributed by atoms with Crippen molar-refractivity contribution in [3.8, 4) is 0 Å². The quantitative estimate of drug-likeness (QED) is 0.758. The molecule has 0 radical (unpaired) electrons. The van der Waals surface area contributed by atoms with Gasteiger partial charge in [0, 0.05) is 30.4 Å². The van der Waals surface area contributed by atoms with Gasteiger partial charge < -0.3 is 10.6 Å². The van der Waals surface area contributed by atoms with Crippen LogP contribution in [0.5, 0.6) is 0 Å². The minimum atomic E-state index is -0.260. The Morgan fingerprint density at radius 3 is 2.07 bits per heavy atom. The summed E-state index contributed by atoms with van der Waals surface area (Å²) < 4.78 is 26.1.